The maximum Gasteiger partial charge on any atom is 0.349 e. The van der Waals surface area contributed by atoms with E-state index in [9.17, 15) is 10.1 Å². The van der Waals surface area contributed by atoms with Gasteiger partial charge in [-0.25, -0.2) is 9.78 Å². The first-order valence-corrected chi connectivity index (χ1v) is 9.27. The van der Waals surface area contributed by atoms with Gasteiger partial charge in [-0.1, -0.05) is 19.9 Å². The van der Waals surface area contributed by atoms with E-state index in [4.69, 9.17) is 4.74 Å². The number of hydrogen-bond acceptors (Lipinski definition) is 4. The molecule has 28 heavy (non-hydrogen) atoms. The minimum atomic E-state index is -0.645. The molecule has 0 bridgehead atoms. The van der Waals surface area contributed by atoms with Gasteiger partial charge in [-0.15, -0.1) is 0 Å². The Morgan fingerprint density at radius 2 is 2.14 bits per heavy atom. The number of aryl methyl sites for hydroxylation is 1. The van der Waals surface area contributed by atoms with Crippen molar-refractivity contribution in [2.24, 2.45) is 5.92 Å². The monoisotopic (exact) mass is 376 g/mol. The van der Waals surface area contributed by atoms with Gasteiger partial charge in [0, 0.05) is 30.3 Å². The minimum Gasteiger partial charge on any atom is -0.455 e. The van der Waals surface area contributed by atoms with E-state index in [1.165, 1.54) is 0 Å². The van der Waals surface area contributed by atoms with Gasteiger partial charge in [-0.3, -0.25) is 0 Å². The molecule has 6 heteroatoms. The Balaban J connectivity index is 1.75. The lowest BCUT2D eigenvalue weighted by Gasteiger charge is -2.12. The highest BCUT2D eigenvalue weighted by Crippen LogP contribution is 2.20. The van der Waals surface area contributed by atoms with Gasteiger partial charge in [0.25, 0.3) is 0 Å². The average Bonchev–Trinajstić information content (AvgIpc) is 3.19. The molecule has 0 saturated heterocycles. The van der Waals surface area contributed by atoms with Crippen molar-refractivity contribution in [3.05, 3.63) is 64.9 Å². The van der Waals surface area contributed by atoms with Crippen LogP contribution in [0.1, 0.15) is 36.5 Å². The third kappa shape index (κ3) is 4.15. The minimum absolute atomic E-state index is 0.0197. The van der Waals surface area contributed by atoms with Gasteiger partial charge in [-0.05, 0) is 49.6 Å². The van der Waals surface area contributed by atoms with Gasteiger partial charge in [0.2, 0.25) is 0 Å². The highest BCUT2D eigenvalue weighted by molar-refractivity contribution is 5.98. The second-order valence-electron chi connectivity index (χ2n) is 7.28. The van der Waals surface area contributed by atoms with Crippen molar-refractivity contribution in [2.45, 2.75) is 40.8 Å². The maximum absolute atomic E-state index is 12.4. The summed E-state index contributed by atoms with van der Waals surface area (Å²) in [6.45, 7) is 9.26. The summed E-state index contributed by atoms with van der Waals surface area (Å²) in [5.41, 5.74) is 4.39. The largest absolute Gasteiger partial charge is 0.455 e. The summed E-state index contributed by atoms with van der Waals surface area (Å²) in [6.07, 6.45) is 5.28. The Bertz CT molecular complexity index is 1050. The first-order chi connectivity index (χ1) is 13.4. The number of imidazole rings is 1. The molecule has 144 valence electrons. The highest BCUT2D eigenvalue weighted by Gasteiger charge is 2.15. The van der Waals surface area contributed by atoms with Crippen LogP contribution in [0.3, 0.4) is 0 Å². The van der Waals surface area contributed by atoms with E-state index in [0.717, 1.165) is 29.1 Å². The number of nitrogens with zero attached hydrogens (tertiary/aromatic N) is 4. The summed E-state index contributed by atoms with van der Waals surface area (Å²) in [5.74, 6) is -0.138. The molecule has 0 N–H and O–H groups in total. The van der Waals surface area contributed by atoms with Crippen LogP contribution in [0.25, 0.3) is 11.7 Å². The number of ether oxygens (including phenoxy) is 1. The van der Waals surface area contributed by atoms with Crippen molar-refractivity contribution in [3.8, 4) is 6.07 Å². The van der Waals surface area contributed by atoms with Gasteiger partial charge >= 0.3 is 5.97 Å². The molecule has 0 fully saturated rings. The molecule has 0 radical (unpaired) electrons. The van der Waals surface area contributed by atoms with Crippen LogP contribution >= 0.6 is 0 Å². The first-order valence-electron chi connectivity index (χ1n) is 9.27. The maximum atomic E-state index is 12.4. The molecule has 0 saturated carbocycles. The van der Waals surface area contributed by atoms with Crippen LogP contribution in [0.15, 0.2) is 42.2 Å². The third-order valence-corrected chi connectivity index (χ3v) is 4.57. The third-order valence-electron chi connectivity index (χ3n) is 4.57. The summed E-state index contributed by atoms with van der Waals surface area (Å²) in [4.78, 5) is 16.8. The number of esters is 1. The number of fused-ring (bicyclic) bond motifs is 1. The van der Waals surface area contributed by atoms with Gasteiger partial charge < -0.3 is 13.7 Å². The number of carbonyl (C=O) groups is 1. The van der Waals surface area contributed by atoms with Crippen molar-refractivity contribution in [1.82, 2.24) is 14.0 Å². The molecule has 0 aliphatic heterocycles. The normalized spacial score (nSPS) is 11.8. The van der Waals surface area contributed by atoms with Crippen LogP contribution in [-0.2, 0) is 22.7 Å². The molecule has 0 aromatic carbocycles. The molecular formula is C22H24N4O2. The molecule has 0 spiro atoms. The smallest absolute Gasteiger partial charge is 0.349 e. The lowest BCUT2D eigenvalue weighted by atomic mass is 10.1. The summed E-state index contributed by atoms with van der Waals surface area (Å²) in [7, 11) is 0. The zero-order valence-corrected chi connectivity index (χ0v) is 16.6. The second kappa shape index (κ2) is 8.13. The second-order valence-corrected chi connectivity index (χ2v) is 7.28. The van der Waals surface area contributed by atoms with Crippen molar-refractivity contribution in [2.75, 3.05) is 0 Å². The number of aromatic nitrogens is 3. The number of pyridine rings is 1. The van der Waals surface area contributed by atoms with Crippen molar-refractivity contribution in [1.29, 1.82) is 5.26 Å². The highest BCUT2D eigenvalue weighted by atomic mass is 16.5. The fraction of sp³-hybridized carbons (Fsp3) is 0.318. The van der Waals surface area contributed by atoms with Crippen LogP contribution in [0, 0.1) is 31.1 Å². The fourth-order valence-corrected chi connectivity index (χ4v) is 3.19. The molecule has 3 rings (SSSR count). The van der Waals surface area contributed by atoms with Crippen LogP contribution < -0.4 is 0 Å². The van der Waals surface area contributed by atoms with Crippen molar-refractivity contribution < 1.29 is 9.53 Å². The van der Waals surface area contributed by atoms with E-state index in [1.54, 1.807) is 12.3 Å². The predicted molar refractivity (Wildman–Crippen MR) is 107 cm³/mol. The summed E-state index contributed by atoms with van der Waals surface area (Å²) in [5, 5.41) is 9.44. The molecule has 0 atom stereocenters. The van der Waals surface area contributed by atoms with Gasteiger partial charge in [0.1, 0.15) is 23.9 Å². The number of rotatable bonds is 6. The molecule has 3 aromatic rings. The van der Waals surface area contributed by atoms with Crippen LogP contribution in [0.4, 0.5) is 0 Å². The Morgan fingerprint density at radius 1 is 1.36 bits per heavy atom. The molecular weight excluding hydrogens is 352 g/mol. The summed E-state index contributed by atoms with van der Waals surface area (Å²) in [6, 6.07) is 9.62. The van der Waals surface area contributed by atoms with E-state index in [2.05, 4.69) is 23.4 Å². The van der Waals surface area contributed by atoms with Gasteiger partial charge in [0.15, 0.2) is 0 Å². The molecule has 0 amide bonds. The standard InChI is InChI=1S/C22H24N4O2/c1-15(2)12-26-16(3)9-18(17(26)4)10-19(11-23)22(27)28-14-20-13-25-8-6-5-7-21(25)24-20/h5-10,13,15H,12,14H2,1-4H3/b19-10+. The topological polar surface area (TPSA) is 72.3 Å². The summed E-state index contributed by atoms with van der Waals surface area (Å²) < 4.78 is 9.37. The van der Waals surface area contributed by atoms with Gasteiger partial charge in [-0.2, -0.15) is 5.26 Å². The van der Waals surface area contributed by atoms with E-state index in [0.29, 0.717) is 11.6 Å². The van der Waals surface area contributed by atoms with E-state index < -0.39 is 5.97 Å². The van der Waals surface area contributed by atoms with Crippen molar-refractivity contribution in [3.63, 3.8) is 0 Å². The SMILES string of the molecule is Cc1cc(/C=C(\C#N)C(=O)OCc2cn3ccccc3n2)c(C)n1CC(C)C. The quantitative estimate of drug-likeness (QED) is 0.369. The first kappa shape index (κ1) is 19.4. The Morgan fingerprint density at radius 3 is 2.82 bits per heavy atom. The molecule has 3 aromatic heterocycles. The zero-order chi connectivity index (χ0) is 20.3. The number of nitriles is 1. The fourth-order valence-electron chi connectivity index (χ4n) is 3.19. The Labute approximate surface area is 164 Å². The lowest BCUT2D eigenvalue weighted by molar-refractivity contribution is -0.139. The number of hydrogen-bond donors (Lipinski definition) is 0. The predicted octanol–water partition coefficient (Wildman–Crippen LogP) is 4.06. The Kier molecular flexibility index (Phi) is 5.65. The van der Waals surface area contributed by atoms with Crippen LogP contribution in [0.5, 0.6) is 0 Å². The molecule has 0 aliphatic rings. The summed E-state index contributed by atoms with van der Waals surface area (Å²) >= 11 is 0. The molecule has 0 aliphatic carbocycles. The molecule has 0 unspecified atom stereocenters. The van der Waals surface area contributed by atoms with Gasteiger partial charge in [0.05, 0.1) is 5.69 Å². The zero-order valence-electron chi connectivity index (χ0n) is 16.6. The number of carbonyl (C=O) groups excluding carboxylic acids is 1. The average molecular weight is 376 g/mol. The Hall–Kier alpha value is -3.33. The molecule has 3 heterocycles. The van der Waals surface area contributed by atoms with Crippen LogP contribution in [-0.4, -0.2) is 19.9 Å². The van der Waals surface area contributed by atoms with Crippen LogP contribution in [0.2, 0.25) is 0 Å². The van der Waals surface area contributed by atoms with E-state index in [1.807, 2.05) is 54.8 Å². The molecule has 6 nitrogen and oxygen atoms in total. The lowest BCUT2D eigenvalue weighted by Crippen LogP contribution is -2.08. The van der Waals surface area contributed by atoms with E-state index in [-0.39, 0.29) is 12.2 Å². The van der Waals surface area contributed by atoms with Crippen molar-refractivity contribution >= 4 is 17.7 Å². The van der Waals surface area contributed by atoms with E-state index >= 15 is 0 Å².